The molecule has 0 spiro atoms. The number of hydrogen-bond donors (Lipinski definition) is 2. The third kappa shape index (κ3) is 4.50. The molecule has 1 atom stereocenters. The van der Waals surface area contributed by atoms with E-state index in [-0.39, 0.29) is 18.1 Å². The first-order chi connectivity index (χ1) is 13.4. The average molecular weight is 386 g/mol. The average Bonchev–Trinajstić information content (AvgIpc) is 3.14. The highest BCUT2D eigenvalue weighted by molar-refractivity contribution is 5.96. The lowest BCUT2D eigenvalue weighted by Crippen LogP contribution is -2.31. The second-order valence-electron chi connectivity index (χ2n) is 5.84. The van der Waals surface area contributed by atoms with E-state index in [1.165, 1.54) is 19.1 Å². The van der Waals surface area contributed by atoms with E-state index in [2.05, 4.69) is 5.32 Å². The highest BCUT2D eigenvalue weighted by Gasteiger charge is 2.20. The van der Waals surface area contributed by atoms with E-state index in [1.54, 1.807) is 30.3 Å². The predicted octanol–water partition coefficient (Wildman–Crippen LogP) is 1.46. The van der Waals surface area contributed by atoms with E-state index in [0.29, 0.717) is 17.2 Å². The maximum atomic E-state index is 12.2. The highest BCUT2D eigenvalue weighted by Crippen LogP contribution is 2.34. The molecule has 0 bridgehead atoms. The van der Waals surface area contributed by atoms with Crippen LogP contribution in [0.25, 0.3) is 0 Å². The molecule has 3 rings (SSSR count). The van der Waals surface area contributed by atoms with E-state index in [1.807, 2.05) is 0 Å². The van der Waals surface area contributed by atoms with Gasteiger partial charge < -0.3 is 30.0 Å². The lowest BCUT2D eigenvalue weighted by Gasteiger charge is -2.14. The maximum Gasteiger partial charge on any atom is 0.344 e. The molecule has 1 heterocycles. The van der Waals surface area contributed by atoms with Crippen molar-refractivity contribution in [1.29, 1.82) is 0 Å². The van der Waals surface area contributed by atoms with E-state index >= 15 is 0 Å². The molecule has 2 amide bonds. The molecule has 2 aromatic rings. The van der Waals surface area contributed by atoms with Gasteiger partial charge in [-0.3, -0.25) is 9.59 Å². The Kier molecular flexibility index (Phi) is 5.64. The van der Waals surface area contributed by atoms with Crippen LogP contribution < -0.4 is 25.3 Å². The van der Waals surface area contributed by atoms with Crippen LogP contribution in [0.4, 0.5) is 5.69 Å². The molecule has 0 aliphatic carbocycles. The van der Waals surface area contributed by atoms with Gasteiger partial charge in [-0.1, -0.05) is 12.1 Å². The third-order valence-corrected chi connectivity index (χ3v) is 3.82. The number of amides is 2. The molecule has 2 aromatic carbocycles. The molecular weight excluding hydrogens is 368 g/mol. The van der Waals surface area contributed by atoms with Gasteiger partial charge in [0.2, 0.25) is 6.79 Å². The number of nitrogens with one attached hydrogen (secondary N) is 1. The van der Waals surface area contributed by atoms with Crippen LogP contribution in [0.1, 0.15) is 17.3 Å². The van der Waals surface area contributed by atoms with E-state index < -0.39 is 30.5 Å². The summed E-state index contributed by atoms with van der Waals surface area (Å²) in [4.78, 5) is 35.5. The fourth-order valence-corrected chi connectivity index (χ4v) is 2.44. The van der Waals surface area contributed by atoms with Crippen LogP contribution in [-0.4, -0.2) is 37.3 Å². The van der Waals surface area contributed by atoms with Crippen molar-refractivity contribution in [3.05, 3.63) is 48.0 Å². The van der Waals surface area contributed by atoms with Crippen LogP contribution in [-0.2, 0) is 14.3 Å². The lowest BCUT2D eigenvalue weighted by molar-refractivity contribution is -0.155. The van der Waals surface area contributed by atoms with Crippen molar-refractivity contribution in [3.8, 4) is 17.2 Å². The number of benzene rings is 2. The summed E-state index contributed by atoms with van der Waals surface area (Å²) in [5.41, 5.74) is 5.86. The zero-order valence-electron chi connectivity index (χ0n) is 15.0. The summed E-state index contributed by atoms with van der Waals surface area (Å²) in [6.07, 6.45) is -1.06. The Labute approximate surface area is 160 Å². The van der Waals surface area contributed by atoms with Crippen molar-refractivity contribution < 1.29 is 33.3 Å². The quantitative estimate of drug-likeness (QED) is 0.690. The second kappa shape index (κ2) is 8.30. The molecule has 9 nitrogen and oxygen atoms in total. The Bertz CT molecular complexity index is 913. The fourth-order valence-electron chi connectivity index (χ4n) is 2.44. The summed E-state index contributed by atoms with van der Waals surface area (Å²) in [6, 6.07) is 11.1. The van der Waals surface area contributed by atoms with Gasteiger partial charge in [0.05, 0.1) is 5.56 Å². The molecule has 9 heteroatoms. The zero-order valence-corrected chi connectivity index (χ0v) is 15.0. The number of primary amides is 1. The summed E-state index contributed by atoms with van der Waals surface area (Å²) in [7, 11) is 0. The highest BCUT2D eigenvalue weighted by atomic mass is 16.7. The number of ether oxygens (including phenoxy) is 4. The number of carbonyl (C=O) groups is 3. The molecule has 0 fully saturated rings. The number of rotatable bonds is 7. The molecule has 1 aliphatic rings. The first kappa shape index (κ1) is 19.0. The van der Waals surface area contributed by atoms with Crippen molar-refractivity contribution >= 4 is 23.5 Å². The maximum absolute atomic E-state index is 12.2. The topological polar surface area (TPSA) is 126 Å². The summed E-state index contributed by atoms with van der Waals surface area (Å²) >= 11 is 0. The Morgan fingerprint density at radius 3 is 2.68 bits per heavy atom. The van der Waals surface area contributed by atoms with Gasteiger partial charge in [0, 0.05) is 11.8 Å². The van der Waals surface area contributed by atoms with Crippen molar-refractivity contribution in [2.75, 3.05) is 18.7 Å². The van der Waals surface area contributed by atoms with Crippen LogP contribution in [0.5, 0.6) is 17.2 Å². The number of nitrogens with two attached hydrogens (primary N) is 1. The van der Waals surface area contributed by atoms with Crippen molar-refractivity contribution in [2.24, 2.45) is 5.73 Å². The molecule has 0 unspecified atom stereocenters. The minimum absolute atomic E-state index is 0.125. The number of carbonyl (C=O) groups excluding carboxylic acids is 3. The van der Waals surface area contributed by atoms with Gasteiger partial charge >= 0.3 is 5.97 Å². The Morgan fingerprint density at radius 1 is 1.14 bits per heavy atom. The SMILES string of the molecule is C[C@H](OC(=O)COc1ccccc1C(N)=O)C(=O)Nc1ccc2c(c1)OCO2. The molecule has 146 valence electrons. The van der Waals surface area contributed by atoms with Crippen LogP contribution >= 0.6 is 0 Å². The Balaban J connectivity index is 1.51. The fraction of sp³-hybridized carbons (Fsp3) is 0.211. The van der Waals surface area contributed by atoms with Crippen LogP contribution in [0, 0.1) is 0 Å². The molecule has 0 radical (unpaired) electrons. The normalized spacial score (nSPS) is 12.8. The van der Waals surface area contributed by atoms with Gasteiger partial charge in [0.1, 0.15) is 5.75 Å². The van der Waals surface area contributed by atoms with Crippen molar-refractivity contribution in [1.82, 2.24) is 0 Å². The van der Waals surface area contributed by atoms with E-state index in [9.17, 15) is 14.4 Å². The Hall–Kier alpha value is -3.75. The molecule has 0 aromatic heterocycles. The van der Waals surface area contributed by atoms with E-state index in [0.717, 1.165) is 0 Å². The minimum Gasteiger partial charge on any atom is -0.481 e. The number of anilines is 1. The van der Waals surface area contributed by atoms with Crippen molar-refractivity contribution in [3.63, 3.8) is 0 Å². The van der Waals surface area contributed by atoms with Gasteiger partial charge in [-0.2, -0.15) is 0 Å². The smallest absolute Gasteiger partial charge is 0.344 e. The van der Waals surface area contributed by atoms with Crippen molar-refractivity contribution in [2.45, 2.75) is 13.0 Å². The van der Waals surface area contributed by atoms with Gasteiger partial charge in [0.15, 0.2) is 24.2 Å². The molecule has 0 saturated heterocycles. The summed E-state index contributed by atoms with van der Waals surface area (Å²) in [5.74, 6) is -0.711. The van der Waals surface area contributed by atoms with Gasteiger partial charge in [-0.05, 0) is 31.2 Å². The monoisotopic (exact) mass is 386 g/mol. The second-order valence-corrected chi connectivity index (χ2v) is 5.84. The molecule has 0 saturated carbocycles. The standard InChI is InChI=1S/C19H18N2O7/c1-11(19(24)21-12-6-7-15-16(8-12)27-10-26-15)28-17(22)9-25-14-5-3-2-4-13(14)18(20)23/h2-8,11H,9-10H2,1H3,(H2,20,23)(H,21,24)/t11-/m0/s1. The number of esters is 1. The zero-order chi connectivity index (χ0) is 20.1. The van der Waals surface area contributed by atoms with Crippen LogP contribution in [0.3, 0.4) is 0 Å². The van der Waals surface area contributed by atoms with Crippen LogP contribution in [0.2, 0.25) is 0 Å². The number of fused-ring (bicyclic) bond motifs is 1. The molecule has 3 N–H and O–H groups in total. The van der Waals surface area contributed by atoms with Gasteiger partial charge in [-0.15, -0.1) is 0 Å². The molecule has 1 aliphatic heterocycles. The molecular formula is C19H18N2O7. The third-order valence-electron chi connectivity index (χ3n) is 3.82. The first-order valence-electron chi connectivity index (χ1n) is 8.35. The summed E-state index contributed by atoms with van der Waals surface area (Å²) < 4.78 is 20.8. The molecule has 28 heavy (non-hydrogen) atoms. The largest absolute Gasteiger partial charge is 0.481 e. The summed E-state index contributed by atoms with van der Waals surface area (Å²) in [5, 5.41) is 2.62. The number of para-hydroxylation sites is 1. The summed E-state index contributed by atoms with van der Waals surface area (Å²) in [6.45, 7) is 1.07. The first-order valence-corrected chi connectivity index (χ1v) is 8.35. The van der Waals surface area contributed by atoms with Gasteiger partial charge in [0.25, 0.3) is 11.8 Å². The van der Waals surface area contributed by atoms with Crippen LogP contribution in [0.15, 0.2) is 42.5 Å². The predicted molar refractivity (Wildman–Crippen MR) is 97.2 cm³/mol. The van der Waals surface area contributed by atoms with E-state index in [4.69, 9.17) is 24.7 Å². The Morgan fingerprint density at radius 2 is 1.89 bits per heavy atom. The lowest BCUT2D eigenvalue weighted by atomic mass is 10.2. The minimum atomic E-state index is -1.06. The van der Waals surface area contributed by atoms with Gasteiger partial charge in [-0.25, -0.2) is 4.79 Å². The number of hydrogen-bond acceptors (Lipinski definition) is 7.